The fraction of sp³-hybridized carbons (Fsp3) is 0.455. The van der Waals surface area contributed by atoms with Gasteiger partial charge in [0.05, 0.1) is 11.7 Å². The molecule has 3 rings (SSSR count). The zero-order valence-electron chi connectivity index (χ0n) is 16.7. The third-order valence-electron chi connectivity index (χ3n) is 5.58. The molecule has 2 aromatic rings. The first-order chi connectivity index (χ1) is 13.9. The van der Waals surface area contributed by atoms with Gasteiger partial charge in [0.1, 0.15) is 11.9 Å². The lowest BCUT2D eigenvalue weighted by molar-refractivity contribution is -0.0000218. The minimum atomic E-state index is -0.538. The van der Waals surface area contributed by atoms with Crippen molar-refractivity contribution in [2.75, 3.05) is 13.8 Å². The zero-order valence-corrected chi connectivity index (χ0v) is 17.5. The van der Waals surface area contributed by atoms with E-state index in [0.29, 0.717) is 29.0 Å². The van der Waals surface area contributed by atoms with E-state index in [2.05, 4.69) is 4.98 Å². The molecule has 0 spiro atoms. The Labute approximate surface area is 175 Å². The lowest BCUT2D eigenvalue weighted by atomic mass is 9.92. The van der Waals surface area contributed by atoms with E-state index in [0.717, 1.165) is 31.2 Å². The molecule has 0 aliphatic heterocycles. The number of benzene rings is 1. The molecule has 1 aromatic heterocycles. The topological polar surface area (TPSA) is 62.7 Å². The number of halogens is 2. The highest BCUT2D eigenvalue weighted by atomic mass is 35.5. The van der Waals surface area contributed by atoms with Crippen LogP contribution in [0.25, 0.3) is 0 Å². The van der Waals surface area contributed by atoms with Gasteiger partial charge in [-0.15, -0.1) is 0 Å². The Morgan fingerprint density at radius 2 is 2.14 bits per heavy atom. The maximum absolute atomic E-state index is 15.1. The van der Waals surface area contributed by atoms with Crippen molar-refractivity contribution < 1.29 is 19.0 Å². The van der Waals surface area contributed by atoms with E-state index in [9.17, 15) is 9.90 Å². The molecular weight excluding hydrogens is 395 g/mol. The van der Waals surface area contributed by atoms with Crippen molar-refractivity contribution in [1.82, 2.24) is 9.88 Å². The molecule has 1 aliphatic carbocycles. The quantitative estimate of drug-likeness (QED) is 0.414. The molecule has 156 valence electrons. The number of rotatable bonds is 7. The first-order valence-electron chi connectivity index (χ1n) is 9.79. The maximum atomic E-state index is 15.1. The SMILES string of the molecule is Cc1c(Cc2ccc(Cl)nc2)cc(C=O)c(OCN(C)C2CCCC[C@@H]2O)c1F. The summed E-state index contributed by atoms with van der Waals surface area (Å²) in [4.78, 5) is 17.5. The van der Waals surface area contributed by atoms with E-state index >= 15 is 4.39 Å². The summed E-state index contributed by atoms with van der Waals surface area (Å²) in [7, 11) is 1.84. The minimum Gasteiger partial charge on any atom is -0.474 e. The van der Waals surface area contributed by atoms with Crippen molar-refractivity contribution >= 4 is 17.9 Å². The van der Waals surface area contributed by atoms with Crippen LogP contribution in [-0.2, 0) is 6.42 Å². The molecule has 1 aliphatic rings. The maximum Gasteiger partial charge on any atom is 0.169 e. The predicted molar refractivity (Wildman–Crippen MR) is 110 cm³/mol. The second kappa shape index (κ2) is 9.65. The number of hydrogen-bond acceptors (Lipinski definition) is 5. The summed E-state index contributed by atoms with van der Waals surface area (Å²) in [5.74, 6) is -0.586. The van der Waals surface area contributed by atoms with Crippen LogP contribution in [0.15, 0.2) is 24.4 Å². The first-order valence-corrected chi connectivity index (χ1v) is 10.2. The minimum absolute atomic E-state index is 0.0238. The Morgan fingerprint density at radius 1 is 1.38 bits per heavy atom. The predicted octanol–water partition coefficient (Wildman–Crippen LogP) is 4.16. The first kappa shape index (κ1) is 21.7. The van der Waals surface area contributed by atoms with Crippen molar-refractivity contribution in [3.63, 3.8) is 0 Å². The van der Waals surface area contributed by atoms with Crippen molar-refractivity contribution in [2.45, 2.75) is 51.2 Å². The highest BCUT2D eigenvalue weighted by Gasteiger charge is 2.27. The van der Waals surface area contributed by atoms with E-state index < -0.39 is 11.9 Å². The number of nitrogens with zero attached hydrogens (tertiary/aromatic N) is 2. The molecule has 1 unspecified atom stereocenters. The monoisotopic (exact) mass is 420 g/mol. The average Bonchev–Trinajstić information content (AvgIpc) is 2.72. The van der Waals surface area contributed by atoms with Crippen LogP contribution in [0, 0.1) is 12.7 Å². The van der Waals surface area contributed by atoms with E-state index in [1.807, 2.05) is 18.0 Å². The number of aliphatic hydroxyl groups is 1. The van der Waals surface area contributed by atoms with Crippen LogP contribution in [0.1, 0.15) is 52.7 Å². The van der Waals surface area contributed by atoms with Crippen LogP contribution < -0.4 is 4.74 Å². The summed E-state index contributed by atoms with van der Waals surface area (Å²) < 4.78 is 20.8. The fourth-order valence-electron chi connectivity index (χ4n) is 3.82. The van der Waals surface area contributed by atoms with E-state index in [4.69, 9.17) is 16.3 Å². The summed E-state index contributed by atoms with van der Waals surface area (Å²) in [6, 6.07) is 5.13. The molecule has 1 heterocycles. The van der Waals surface area contributed by atoms with Gasteiger partial charge in [0.2, 0.25) is 0 Å². The van der Waals surface area contributed by atoms with Gasteiger partial charge in [-0.3, -0.25) is 9.69 Å². The normalized spacial score (nSPS) is 19.4. The molecule has 29 heavy (non-hydrogen) atoms. The van der Waals surface area contributed by atoms with Gasteiger partial charge in [0.25, 0.3) is 0 Å². The van der Waals surface area contributed by atoms with E-state index in [-0.39, 0.29) is 24.1 Å². The van der Waals surface area contributed by atoms with E-state index in [1.165, 1.54) is 0 Å². The van der Waals surface area contributed by atoms with Gasteiger partial charge in [-0.2, -0.15) is 0 Å². The van der Waals surface area contributed by atoms with Crippen LogP contribution in [0.5, 0.6) is 5.75 Å². The van der Waals surface area contributed by atoms with Gasteiger partial charge >= 0.3 is 0 Å². The van der Waals surface area contributed by atoms with Crippen molar-refractivity contribution in [2.24, 2.45) is 0 Å². The average molecular weight is 421 g/mol. The molecule has 2 atom stereocenters. The zero-order chi connectivity index (χ0) is 21.0. The number of aliphatic hydroxyl groups excluding tert-OH is 1. The second-order valence-electron chi connectivity index (χ2n) is 7.63. The van der Waals surface area contributed by atoms with Crippen LogP contribution >= 0.6 is 11.6 Å². The molecule has 1 saturated carbocycles. The molecule has 7 heteroatoms. The Kier molecular flexibility index (Phi) is 7.22. The lowest BCUT2D eigenvalue weighted by Crippen LogP contribution is -2.44. The standard InChI is InChI=1S/C22H26ClFN2O3/c1-14-16(9-15-7-8-20(23)25-11-15)10-17(12-27)22(21(14)24)29-13-26(2)18-5-3-4-6-19(18)28/h7-8,10-12,18-19,28H,3-6,9,13H2,1-2H3/t18?,19-/m0/s1. The third-order valence-corrected chi connectivity index (χ3v) is 5.81. The summed E-state index contributed by atoms with van der Waals surface area (Å²) in [6.45, 7) is 1.77. The highest BCUT2D eigenvalue weighted by molar-refractivity contribution is 6.29. The number of hydrogen-bond donors (Lipinski definition) is 1. The molecule has 0 radical (unpaired) electrons. The largest absolute Gasteiger partial charge is 0.474 e. The van der Waals surface area contributed by atoms with E-state index in [1.54, 1.807) is 25.3 Å². The van der Waals surface area contributed by atoms with Crippen LogP contribution in [0.2, 0.25) is 5.15 Å². The molecule has 1 fully saturated rings. The van der Waals surface area contributed by atoms with Crippen molar-refractivity contribution in [3.8, 4) is 5.75 Å². The number of carbonyl (C=O) groups excluding carboxylic acids is 1. The van der Waals surface area contributed by atoms with Crippen LogP contribution in [-0.4, -0.2) is 47.2 Å². The molecule has 1 N–H and O–H groups in total. The summed E-state index contributed by atoms with van der Waals surface area (Å²) >= 11 is 5.81. The number of pyridine rings is 1. The van der Waals surface area contributed by atoms with Gasteiger partial charge in [-0.05, 0) is 62.1 Å². The number of ether oxygens (including phenoxy) is 1. The van der Waals surface area contributed by atoms with Gasteiger partial charge in [-0.1, -0.05) is 30.5 Å². The third kappa shape index (κ3) is 5.13. The van der Waals surface area contributed by atoms with Gasteiger partial charge in [0.15, 0.2) is 17.9 Å². The van der Waals surface area contributed by atoms with Crippen LogP contribution in [0.4, 0.5) is 4.39 Å². The Bertz CT molecular complexity index is 860. The Balaban J connectivity index is 1.77. The molecular formula is C22H26ClFN2O3. The summed E-state index contributed by atoms with van der Waals surface area (Å²) in [5.41, 5.74) is 2.16. The summed E-state index contributed by atoms with van der Waals surface area (Å²) in [6.07, 6.45) is 5.96. The molecule has 0 bridgehead atoms. The highest BCUT2D eigenvalue weighted by Crippen LogP contribution is 2.30. The van der Waals surface area contributed by atoms with Crippen molar-refractivity contribution in [3.05, 3.63) is 57.6 Å². The van der Waals surface area contributed by atoms with Crippen LogP contribution in [0.3, 0.4) is 0 Å². The number of carbonyl (C=O) groups is 1. The van der Waals surface area contributed by atoms with Crippen molar-refractivity contribution in [1.29, 1.82) is 0 Å². The molecule has 1 aromatic carbocycles. The van der Waals surface area contributed by atoms with Gasteiger partial charge in [-0.25, -0.2) is 9.37 Å². The number of aromatic nitrogens is 1. The number of aldehydes is 1. The summed E-state index contributed by atoms with van der Waals surface area (Å²) in [5, 5.41) is 10.6. The molecule has 0 saturated heterocycles. The molecule has 5 nitrogen and oxygen atoms in total. The Hall–Kier alpha value is -2.02. The lowest BCUT2D eigenvalue weighted by Gasteiger charge is -2.35. The second-order valence-corrected chi connectivity index (χ2v) is 8.01. The molecule has 0 amide bonds. The Morgan fingerprint density at radius 3 is 2.79 bits per heavy atom. The number of likely N-dealkylation sites (N-methyl/N-ethyl adjacent to an activating group) is 1. The van der Waals surface area contributed by atoms with Gasteiger partial charge < -0.3 is 9.84 Å². The fourth-order valence-corrected chi connectivity index (χ4v) is 3.93. The smallest absolute Gasteiger partial charge is 0.169 e. The van der Waals surface area contributed by atoms with Gasteiger partial charge in [0, 0.05) is 12.2 Å².